The predicted molar refractivity (Wildman–Crippen MR) is 118 cm³/mol. The summed E-state index contributed by atoms with van der Waals surface area (Å²) in [4.78, 5) is 17.2. The van der Waals surface area contributed by atoms with Crippen molar-refractivity contribution in [1.29, 1.82) is 0 Å². The number of halogens is 1. The fourth-order valence-corrected chi connectivity index (χ4v) is 4.22. The second-order valence-corrected chi connectivity index (χ2v) is 8.61. The van der Waals surface area contributed by atoms with Gasteiger partial charge in [-0.2, -0.15) is 0 Å². The lowest BCUT2D eigenvalue weighted by Crippen LogP contribution is -2.17. The number of benzene rings is 3. The van der Waals surface area contributed by atoms with E-state index in [1.807, 2.05) is 12.1 Å². The molecule has 0 spiro atoms. The van der Waals surface area contributed by atoms with Gasteiger partial charge in [0.25, 0.3) is 15.9 Å². The molecule has 6 nitrogen and oxygen atoms in total. The van der Waals surface area contributed by atoms with Crippen LogP contribution in [-0.4, -0.2) is 19.3 Å². The molecule has 1 aromatic heterocycles. The molecule has 1 heterocycles. The van der Waals surface area contributed by atoms with Crippen molar-refractivity contribution in [2.24, 2.45) is 0 Å². The van der Waals surface area contributed by atoms with Crippen molar-refractivity contribution in [2.75, 3.05) is 10.0 Å². The molecule has 0 aliphatic heterocycles. The number of nitrogens with zero attached hydrogens (tertiary/aromatic N) is 1. The topological polar surface area (TPSA) is 88.2 Å². The molecule has 0 atom stereocenters. The zero-order valence-electron chi connectivity index (χ0n) is 16.5. The maximum Gasteiger partial charge on any atom is 0.261 e. The van der Waals surface area contributed by atoms with E-state index in [9.17, 15) is 17.6 Å². The second kappa shape index (κ2) is 8.16. The quantitative estimate of drug-likeness (QED) is 0.474. The SMILES string of the molecule is Cc1ccc(S(=O)(=O)Nc2ccc(F)cc2)cc1C(=O)Nc1cccc2cccnc12. The molecule has 2 N–H and O–H groups in total. The van der Waals surface area contributed by atoms with Gasteiger partial charge < -0.3 is 5.32 Å². The van der Waals surface area contributed by atoms with Crippen molar-refractivity contribution in [3.63, 3.8) is 0 Å². The molecule has 1 amide bonds. The molecular weight excluding hydrogens is 417 g/mol. The number of sulfonamides is 1. The highest BCUT2D eigenvalue weighted by atomic mass is 32.2. The number of rotatable bonds is 5. The molecule has 0 aliphatic rings. The zero-order chi connectivity index (χ0) is 22.0. The first-order valence-corrected chi connectivity index (χ1v) is 10.9. The third-order valence-electron chi connectivity index (χ3n) is 4.74. The number of pyridine rings is 1. The summed E-state index contributed by atoms with van der Waals surface area (Å²) < 4.78 is 41.0. The normalized spacial score (nSPS) is 11.3. The van der Waals surface area contributed by atoms with E-state index in [4.69, 9.17) is 0 Å². The number of carbonyl (C=O) groups excluding carboxylic acids is 1. The highest BCUT2D eigenvalue weighted by molar-refractivity contribution is 7.92. The fourth-order valence-electron chi connectivity index (χ4n) is 3.14. The van der Waals surface area contributed by atoms with Crippen LogP contribution in [0.15, 0.2) is 83.9 Å². The van der Waals surface area contributed by atoms with Gasteiger partial charge in [0.1, 0.15) is 5.82 Å². The standard InChI is InChI=1S/C23H18FN3O3S/c1-15-7-12-19(31(29,30)27-18-10-8-17(24)9-11-18)14-20(15)23(28)26-21-6-2-4-16-5-3-13-25-22(16)21/h2-14,27H,1H3,(H,26,28). The van der Waals surface area contributed by atoms with E-state index in [2.05, 4.69) is 15.0 Å². The summed E-state index contributed by atoms with van der Waals surface area (Å²) in [6.07, 6.45) is 1.64. The summed E-state index contributed by atoms with van der Waals surface area (Å²) in [7, 11) is -3.97. The smallest absolute Gasteiger partial charge is 0.261 e. The van der Waals surface area contributed by atoms with E-state index < -0.39 is 21.7 Å². The van der Waals surface area contributed by atoms with E-state index in [1.54, 1.807) is 37.4 Å². The number of hydrogen-bond acceptors (Lipinski definition) is 4. The maximum absolute atomic E-state index is 13.1. The Hall–Kier alpha value is -3.78. The molecular formula is C23H18FN3O3S. The summed E-state index contributed by atoms with van der Waals surface area (Å²) >= 11 is 0. The Bertz CT molecular complexity index is 1380. The first kappa shape index (κ1) is 20.5. The zero-order valence-corrected chi connectivity index (χ0v) is 17.3. The Morgan fingerprint density at radius 3 is 2.48 bits per heavy atom. The summed E-state index contributed by atoms with van der Waals surface area (Å²) in [5.41, 5.74) is 2.22. The first-order chi connectivity index (χ1) is 14.8. The number of anilines is 2. The van der Waals surface area contributed by atoms with Crippen LogP contribution >= 0.6 is 0 Å². The largest absolute Gasteiger partial charge is 0.320 e. The van der Waals surface area contributed by atoms with Gasteiger partial charge in [-0.1, -0.05) is 24.3 Å². The van der Waals surface area contributed by atoms with E-state index in [0.29, 0.717) is 16.8 Å². The van der Waals surface area contributed by atoms with Crippen molar-refractivity contribution >= 4 is 38.2 Å². The summed E-state index contributed by atoms with van der Waals surface area (Å²) in [5, 5.41) is 3.69. The molecule has 156 valence electrons. The Balaban J connectivity index is 1.64. The van der Waals surface area contributed by atoms with Crippen LogP contribution < -0.4 is 10.0 Å². The number of hydrogen-bond donors (Lipinski definition) is 2. The average Bonchev–Trinajstić information content (AvgIpc) is 2.75. The Morgan fingerprint density at radius 2 is 1.71 bits per heavy atom. The molecule has 0 saturated carbocycles. The van der Waals surface area contributed by atoms with Crippen molar-refractivity contribution in [2.45, 2.75) is 11.8 Å². The monoisotopic (exact) mass is 435 g/mol. The third kappa shape index (κ3) is 4.39. The van der Waals surface area contributed by atoms with Gasteiger partial charge in [-0.05, 0) is 61.0 Å². The van der Waals surface area contributed by atoms with E-state index >= 15 is 0 Å². The van der Waals surface area contributed by atoms with Crippen molar-refractivity contribution in [1.82, 2.24) is 4.98 Å². The lowest BCUT2D eigenvalue weighted by Gasteiger charge is -2.12. The van der Waals surface area contributed by atoms with Crippen molar-refractivity contribution in [3.8, 4) is 0 Å². The minimum absolute atomic E-state index is 0.0800. The molecule has 31 heavy (non-hydrogen) atoms. The van der Waals surface area contributed by atoms with Gasteiger partial charge in [0, 0.05) is 22.8 Å². The van der Waals surface area contributed by atoms with Crippen molar-refractivity contribution < 1.29 is 17.6 Å². The van der Waals surface area contributed by atoms with Crippen LogP contribution in [0.3, 0.4) is 0 Å². The molecule has 3 aromatic carbocycles. The summed E-state index contributed by atoms with van der Waals surface area (Å²) in [6.45, 7) is 1.72. The van der Waals surface area contributed by atoms with Crippen LogP contribution in [0.5, 0.6) is 0 Å². The highest BCUT2D eigenvalue weighted by Crippen LogP contribution is 2.24. The third-order valence-corrected chi connectivity index (χ3v) is 6.12. The molecule has 0 radical (unpaired) electrons. The van der Waals surface area contributed by atoms with E-state index in [1.165, 1.54) is 24.3 Å². The summed E-state index contributed by atoms with van der Waals surface area (Å²) in [5.74, 6) is -0.922. The van der Waals surface area contributed by atoms with Gasteiger partial charge in [0.15, 0.2) is 0 Å². The van der Waals surface area contributed by atoms with Crippen LogP contribution in [0.25, 0.3) is 10.9 Å². The molecule has 0 unspecified atom stereocenters. The van der Waals surface area contributed by atoms with Crippen LogP contribution in [0.4, 0.5) is 15.8 Å². The lowest BCUT2D eigenvalue weighted by atomic mass is 10.1. The second-order valence-electron chi connectivity index (χ2n) is 6.92. The van der Waals surface area contributed by atoms with Gasteiger partial charge in [-0.3, -0.25) is 14.5 Å². The number of nitrogens with one attached hydrogen (secondary N) is 2. The van der Waals surface area contributed by atoms with Crippen molar-refractivity contribution in [3.05, 3.63) is 95.9 Å². The molecule has 0 bridgehead atoms. The molecule has 0 aliphatic carbocycles. The number of amides is 1. The first-order valence-electron chi connectivity index (χ1n) is 9.38. The molecule has 4 rings (SSSR count). The minimum atomic E-state index is -3.97. The molecule has 8 heteroatoms. The predicted octanol–water partition coefficient (Wildman–Crippen LogP) is 4.74. The van der Waals surface area contributed by atoms with E-state index in [0.717, 1.165) is 17.5 Å². The molecule has 4 aromatic rings. The Labute approximate surface area is 178 Å². The van der Waals surface area contributed by atoms with E-state index in [-0.39, 0.29) is 16.1 Å². The molecule has 0 fully saturated rings. The van der Waals surface area contributed by atoms with Crippen LogP contribution in [0, 0.1) is 12.7 Å². The fraction of sp³-hybridized carbons (Fsp3) is 0.0435. The van der Waals surface area contributed by atoms with Gasteiger partial charge in [0.2, 0.25) is 0 Å². The average molecular weight is 435 g/mol. The number of para-hydroxylation sites is 1. The molecule has 0 saturated heterocycles. The number of fused-ring (bicyclic) bond motifs is 1. The number of aromatic nitrogens is 1. The van der Waals surface area contributed by atoms with Crippen LogP contribution in [0.1, 0.15) is 15.9 Å². The lowest BCUT2D eigenvalue weighted by molar-refractivity contribution is 0.102. The highest BCUT2D eigenvalue weighted by Gasteiger charge is 2.19. The Kier molecular flexibility index (Phi) is 5.39. The maximum atomic E-state index is 13.1. The van der Waals surface area contributed by atoms with Gasteiger partial charge >= 0.3 is 0 Å². The van der Waals surface area contributed by atoms with Gasteiger partial charge in [-0.15, -0.1) is 0 Å². The minimum Gasteiger partial charge on any atom is -0.320 e. The number of aryl methyl sites for hydroxylation is 1. The van der Waals surface area contributed by atoms with Crippen LogP contribution in [0.2, 0.25) is 0 Å². The Morgan fingerprint density at radius 1 is 0.968 bits per heavy atom. The summed E-state index contributed by atoms with van der Waals surface area (Å²) in [6, 6.07) is 18.4. The number of carbonyl (C=O) groups is 1. The van der Waals surface area contributed by atoms with Gasteiger partial charge in [0.05, 0.1) is 16.1 Å². The van der Waals surface area contributed by atoms with Crippen LogP contribution in [-0.2, 0) is 10.0 Å². The van der Waals surface area contributed by atoms with Gasteiger partial charge in [-0.25, -0.2) is 12.8 Å².